The summed E-state index contributed by atoms with van der Waals surface area (Å²) in [6, 6.07) is 13.7. The molecule has 1 aromatic carbocycles. The number of hydrogen-bond donors (Lipinski definition) is 1. The summed E-state index contributed by atoms with van der Waals surface area (Å²) < 4.78 is 5.70. The number of hydrogen-bond acceptors (Lipinski definition) is 4. The molecule has 5 heteroatoms. The maximum atomic E-state index is 13.0. The maximum absolute atomic E-state index is 13.0. The molecular weight excluding hydrogens is 332 g/mol. The highest BCUT2D eigenvalue weighted by Crippen LogP contribution is 2.28. The molecule has 1 aliphatic rings. The molecule has 0 radical (unpaired) electrons. The Balaban J connectivity index is 1.70. The second kappa shape index (κ2) is 6.94. The number of amides is 1. The molecule has 2 aromatic heterocycles. The van der Waals surface area contributed by atoms with Gasteiger partial charge in [-0.15, -0.1) is 11.3 Å². The fourth-order valence-corrected chi connectivity index (χ4v) is 3.97. The van der Waals surface area contributed by atoms with Crippen LogP contribution in [0.1, 0.15) is 30.1 Å². The number of fused-ring (bicyclic) bond motifs is 1. The number of benzene rings is 1. The Labute approximate surface area is 150 Å². The van der Waals surface area contributed by atoms with Gasteiger partial charge >= 0.3 is 0 Å². The number of rotatable bonds is 4. The van der Waals surface area contributed by atoms with Crippen molar-refractivity contribution in [3.05, 3.63) is 53.4 Å². The summed E-state index contributed by atoms with van der Waals surface area (Å²) in [6.45, 7) is 2.79. The highest BCUT2D eigenvalue weighted by atomic mass is 32.1. The Bertz CT molecular complexity index is 886. The third kappa shape index (κ3) is 3.30. The Morgan fingerprint density at radius 2 is 2.20 bits per heavy atom. The molecule has 1 fully saturated rings. The number of carbonyl (C=O) groups excluding carboxylic acids is 1. The van der Waals surface area contributed by atoms with E-state index in [0.717, 1.165) is 40.9 Å². The van der Waals surface area contributed by atoms with Crippen molar-refractivity contribution in [1.82, 2.24) is 10.3 Å². The van der Waals surface area contributed by atoms with Gasteiger partial charge in [0.05, 0.1) is 33.8 Å². The molecule has 3 aromatic rings. The van der Waals surface area contributed by atoms with E-state index in [4.69, 9.17) is 9.72 Å². The van der Waals surface area contributed by atoms with Crippen LogP contribution in [0.5, 0.6) is 0 Å². The number of carbonyl (C=O) groups is 1. The highest BCUT2D eigenvalue weighted by molar-refractivity contribution is 7.13. The molecule has 1 aliphatic heterocycles. The van der Waals surface area contributed by atoms with Gasteiger partial charge < -0.3 is 10.1 Å². The Morgan fingerprint density at radius 1 is 1.32 bits per heavy atom. The molecule has 1 N–H and O–H groups in total. The zero-order valence-electron chi connectivity index (χ0n) is 14.1. The molecule has 0 saturated carbocycles. The van der Waals surface area contributed by atoms with E-state index in [2.05, 4.69) is 5.32 Å². The third-order valence-electron chi connectivity index (χ3n) is 4.62. The molecule has 0 unspecified atom stereocenters. The summed E-state index contributed by atoms with van der Waals surface area (Å²) in [4.78, 5) is 18.7. The lowest BCUT2D eigenvalue weighted by atomic mass is 10.0. The van der Waals surface area contributed by atoms with Gasteiger partial charge in [0.1, 0.15) is 0 Å². The van der Waals surface area contributed by atoms with Crippen LogP contribution in [0.25, 0.3) is 21.5 Å². The molecule has 1 amide bonds. The lowest BCUT2D eigenvalue weighted by Gasteiger charge is -2.20. The SMILES string of the molecule is C[C@@H](NC(=O)c1cc(-c2cccs2)nc2ccccc12)[C@H]1CCCO1. The van der Waals surface area contributed by atoms with Crippen molar-refractivity contribution in [3.8, 4) is 10.6 Å². The van der Waals surface area contributed by atoms with E-state index in [1.807, 2.05) is 54.8 Å². The summed E-state index contributed by atoms with van der Waals surface area (Å²) in [5.74, 6) is -0.0700. The normalized spacial score (nSPS) is 18.4. The zero-order valence-corrected chi connectivity index (χ0v) is 14.9. The standard InChI is InChI=1S/C20H20N2O2S/c1-13(18-8-4-10-24-18)21-20(23)15-12-17(19-9-5-11-25-19)22-16-7-3-2-6-14(15)16/h2-3,5-7,9,11-13,18H,4,8,10H2,1H3,(H,21,23)/t13-,18-/m1/s1. The zero-order chi connectivity index (χ0) is 17.2. The first-order chi connectivity index (χ1) is 12.2. The first kappa shape index (κ1) is 16.2. The lowest BCUT2D eigenvalue weighted by Crippen LogP contribution is -2.40. The van der Waals surface area contributed by atoms with Gasteiger partial charge in [0.15, 0.2) is 0 Å². The van der Waals surface area contributed by atoms with E-state index in [0.29, 0.717) is 5.56 Å². The Hall–Kier alpha value is -2.24. The van der Waals surface area contributed by atoms with E-state index < -0.39 is 0 Å². The lowest BCUT2D eigenvalue weighted by molar-refractivity contribution is 0.0713. The van der Waals surface area contributed by atoms with Crippen molar-refractivity contribution in [2.24, 2.45) is 0 Å². The number of nitrogens with one attached hydrogen (secondary N) is 1. The molecule has 0 aliphatic carbocycles. The van der Waals surface area contributed by atoms with Crippen molar-refractivity contribution >= 4 is 28.1 Å². The minimum absolute atomic E-state index is 0.00730. The average Bonchev–Trinajstić information content (AvgIpc) is 3.34. The predicted molar refractivity (Wildman–Crippen MR) is 101 cm³/mol. The van der Waals surface area contributed by atoms with E-state index in [1.54, 1.807) is 11.3 Å². The molecule has 25 heavy (non-hydrogen) atoms. The van der Waals surface area contributed by atoms with E-state index in [-0.39, 0.29) is 18.1 Å². The summed E-state index contributed by atoms with van der Waals surface area (Å²) in [7, 11) is 0. The monoisotopic (exact) mass is 352 g/mol. The van der Waals surface area contributed by atoms with Crippen LogP contribution >= 0.6 is 11.3 Å². The smallest absolute Gasteiger partial charge is 0.252 e. The van der Waals surface area contributed by atoms with Crippen LogP contribution in [0.4, 0.5) is 0 Å². The van der Waals surface area contributed by atoms with Gasteiger partial charge in [-0.25, -0.2) is 4.98 Å². The topological polar surface area (TPSA) is 51.2 Å². The van der Waals surface area contributed by atoms with Crippen molar-refractivity contribution in [3.63, 3.8) is 0 Å². The van der Waals surface area contributed by atoms with Crippen molar-refractivity contribution in [2.75, 3.05) is 6.61 Å². The minimum atomic E-state index is -0.0700. The van der Waals surface area contributed by atoms with E-state index >= 15 is 0 Å². The first-order valence-corrected chi connectivity index (χ1v) is 9.46. The molecule has 1 saturated heterocycles. The quantitative estimate of drug-likeness (QED) is 0.763. The van der Waals surface area contributed by atoms with Crippen LogP contribution < -0.4 is 5.32 Å². The number of thiophene rings is 1. The van der Waals surface area contributed by atoms with Gasteiger partial charge in [-0.05, 0) is 43.3 Å². The van der Waals surface area contributed by atoms with Crippen LogP contribution in [0.15, 0.2) is 47.8 Å². The average molecular weight is 352 g/mol. The largest absolute Gasteiger partial charge is 0.376 e. The second-order valence-corrected chi connectivity index (χ2v) is 7.31. The number of ether oxygens (including phenoxy) is 1. The fourth-order valence-electron chi connectivity index (χ4n) is 3.29. The molecule has 0 bridgehead atoms. The van der Waals surface area contributed by atoms with Crippen LogP contribution in [0.3, 0.4) is 0 Å². The van der Waals surface area contributed by atoms with Gasteiger partial charge in [0.2, 0.25) is 0 Å². The van der Waals surface area contributed by atoms with Gasteiger partial charge in [-0.2, -0.15) is 0 Å². The predicted octanol–water partition coefficient (Wildman–Crippen LogP) is 4.26. The third-order valence-corrected chi connectivity index (χ3v) is 5.51. The summed E-state index contributed by atoms with van der Waals surface area (Å²) in [5, 5.41) is 6.01. The molecule has 0 spiro atoms. The maximum Gasteiger partial charge on any atom is 0.252 e. The second-order valence-electron chi connectivity index (χ2n) is 6.36. The number of nitrogens with zero attached hydrogens (tertiary/aromatic N) is 1. The van der Waals surface area contributed by atoms with Gasteiger partial charge in [-0.3, -0.25) is 4.79 Å². The van der Waals surface area contributed by atoms with Gasteiger partial charge in [0, 0.05) is 12.0 Å². The van der Waals surface area contributed by atoms with E-state index in [9.17, 15) is 4.79 Å². The van der Waals surface area contributed by atoms with Gasteiger partial charge in [0.25, 0.3) is 5.91 Å². The summed E-state index contributed by atoms with van der Waals surface area (Å²) >= 11 is 1.63. The molecular formula is C20H20N2O2S. The molecule has 3 heterocycles. The minimum Gasteiger partial charge on any atom is -0.376 e. The van der Waals surface area contributed by atoms with Crippen molar-refractivity contribution in [2.45, 2.75) is 31.9 Å². The molecule has 2 atom stereocenters. The number of pyridine rings is 1. The van der Waals surface area contributed by atoms with E-state index in [1.165, 1.54) is 0 Å². The number of para-hydroxylation sites is 1. The summed E-state index contributed by atoms with van der Waals surface area (Å²) in [5.41, 5.74) is 2.34. The Morgan fingerprint density at radius 3 is 2.96 bits per heavy atom. The highest BCUT2D eigenvalue weighted by Gasteiger charge is 2.25. The van der Waals surface area contributed by atoms with Crippen molar-refractivity contribution in [1.29, 1.82) is 0 Å². The van der Waals surface area contributed by atoms with Crippen LogP contribution in [0.2, 0.25) is 0 Å². The van der Waals surface area contributed by atoms with Gasteiger partial charge in [-0.1, -0.05) is 24.3 Å². The summed E-state index contributed by atoms with van der Waals surface area (Å²) in [6.07, 6.45) is 2.17. The van der Waals surface area contributed by atoms with Crippen LogP contribution in [0, 0.1) is 0 Å². The van der Waals surface area contributed by atoms with Crippen LogP contribution in [-0.4, -0.2) is 29.6 Å². The molecule has 4 nitrogen and oxygen atoms in total. The van der Waals surface area contributed by atoms with Crippen molar-refractivity contribution < 1.29 is 9.53 Å². The first-order valence-electron chi connectivity index (χ1n) is 8.58. The number of aromatic nitrogens is 1. The fraction of sp³-hybridized carbons (Fsp3) is 0.300. The molecule has 4 rings (SSSR count). The Kier molecular flexibility index (Phi) is 4.51. The molecule has 128 valence electrons. The van der Waals surface area contributed by atoms with Crippen LogP contribution in [-0.2, 0) is 4.74 Å².